The van der Waals surface area contributed by atoms with Gasteiger partial charge in [-0.2, -0.15) is 0 Å². The quantitative estimate of drug-likeness (QED) is 0.863. The molecular weight excluding hydrogens is 332 g/mol. The van der Waals surface area contributed by atoms with Crippen LogP contribution in [0.4, 0.5) is 5.69 Å². The van der Waals surface area contributed by atoms with Crippen LogP contribution < -0.4 is 14.8 Å². The number of carbonyl (C=O) groups excluding carboxylic acids is 1. The first-order chi connectivity index (χ1) is 12.6. The summed E-state index contributed by atoms with van der Waals surface area (Å²) >= 11 is 0. The fourth-order valence-electron chi connectivity index (χ4n) is 2.75. The first kappa shape index (κ1) is 17.8. The average Bonchev–Trinajstić information content (AvgIpc) is 3.18. The number of aryl methyl sites for hydroxylation is 1. The molecule has 1 amide bonds. The van der Waals surface area contributed by atoms with Crippen molar-refractivity contribution in [3.63, 3.8) is 0 Å². The normalized spacial score (nSPS) is 15.8. The van der Waals surface area contributed by atoms with Crippen LogP contribution in [0.3, 0.4) is 0 Å². The van der Waals surface area contributed by atoms with Crippen molar-refractivity contribution in [3.8, 4) is 11.5 Å². The second-order valence-corrected chi connectivity index (χ2v) is 5.95. The van der Waals surface area contributed by atoms with Gasteiger partial charge in [0.15, 0.2) is 11.5 Å². The molecule has 2 aromatic carbocycles. The number of nitrogens with zero attached hydrogens (tertiary/aromatic N) is 1. The van der Waals surface area contributed by atoms with Crippen LogP contribution in [0.5, 0.6) is 11.5 Å². The van der Waals surface area contributed by atoms with Gasteiger partial charge >= 0.3 is 0 Å². The number of carbonyl (C=O) groups is 1. The molecule has 1 heterocycles. The molecule has 26 heavy (non-hydrogen) atoms. The van der Waals surface area contributed by atoms with E-state index in [4.69, 9.17) is 14.3 Å². The number of hydrogen-bond acceptors (Lipinski definition) is 5. The van der Waals surface area contributed by atoms with Crippen LogP contribution in [0.25, 0.3) is 0 Å². The highest BCUT2D eigenvalue weighted by atomic mass is 16.6. The maximum absolute atomic E-state index is 12.4. The molecule has 1 aliphatic rings. The first-order valence-corrected chi connectivity index (χ1v) is 8.49. The lowest BCUT2D eigenvalue weighted by atomic mass is 10.0. The van der Waals surface area contributed by atoms with Crippen LogP contribution >= 0.6 is 0 Å². The average molecular weight is 354 g/mol. The van der Waals surface area contributed by atoms with Crippen molar-refractivity contribution in [2.24, 2.45) is 5.16 Å². The third kappa shape index (κ3) is 3.79. The molecule has 136 valence electrons. The van der Waals surface area contributed by atoms with Crippen LogP contribution in [0.15, 0.2) is 47.6 Å². The highest BCUT2D eigenvalue weighted by Gasteiger charge is 2.29. The summed E-state index contributed by atoms with van der Waals surface area (Å²) in [6.07, 6.45) is 0.709. The number of methoxy groups -OCH3 is 2. The molecule has 0 saturated heterocycles. The fourth-order valence-corrected chi connectivity index (χ4v) is 2.75. The highest BCUT2D eigenvalue weighted by molar-refractivity contribution is 6.06. The van der Waals surface area contributed by atoms with Crippen molar-refractivity contribution in [2.45, 2.75) is 25.9 Å². The molecule has 0 aromatic heterocycles. The van der Waals surface area contributed by atoms with E-state index in [1.165, 1.54) is 5.56 Å². The molecule has 0 saturated carbocycles. The molecule has 0 radical (unpaired) electrons. The Morgan fingerprint density at radius 3 is 2.54 bits per heavy atom. The topological polar surface area (TPSA) is 69.2 Å². The minimum atomic E-state index is -0.649. The maximum Gasteiger partial charge on any atom is 0.268 e. The molecule has 1 atom stereocenters. The van der Waals surface area contributed by atoms with E-state index in [-0.39, 0.29) is 5.91 Å². The molecule has 0 spiro atoms. The van der Waals surface area contributed by atoms with E-state index in [0.29, 0.717) is 23.6 Å². The summed E-state index contributed by atoms with van der Waals surface area (Å²) in [4.78, 5) is 17.7. The van der Waals surface area contributed by atoms with Gasteiger partial charge in [0.25, 0.3) is 5.91 Å². The Bertz CT molecular complexity index is 815. The second kappa shape index (κ2) is 7.91. The lowest BCUT2D eigenvalue weighted by molar-refractivity contribution is -0.125. The van der Waals surface area contributed by atoms with E-state index < -0.39 is 6.10 Å². The summed E-state index contributed by atoms with van der Waals surface area (Å²) in [6.45, 7) is 2.09. The Morgan fingerprint density at radius 2 is 1.88 bits per heavy atom. The highest BCUT2D eigenvalue weighted by Crippen LogP contribution is 2.29. The molecule has 6 heteroatoms. The molecule has 3 rings (SSSR count). The van der Waals surface area contributed by atoms with Gasteiger partial charge in [-0.3, -0.25) is 4.79 Å². The first-order valence-electron chi connectivity index (χ1n) is 8.49. The van der Waals surface area contributed by atoms with Crippen LogP contribution in [0.1, 0.15) is 24.5 Å². The predicted octanol–water partition coefficient (Wildman–Crippen LogP) is 3.40. The number of amides is 1. The number of benzene rings is 2. The van der Waals surface area contributed by atoms with Crippen molar-refractivity contribution >= 4 is 17.3 Å². The zero-order chi connectivity index (χ0) is 18.5. The number of anilines is 1. The summed E-state index contributed by atoms with van der Waals surface area (Å²) in [5, 5.41) is 6.93. The third-order valence-corrected chi connectivity index (χ3v) is 4.31. The van der Waals surface area contributed by atoms with E-state index in [1.54, 1.807) is 20.3 Å². The molecule has 0 fully saturated rings. The Labute approximate surface area is 152 Å². The zero-order valence-electron chi connectivity index (χ0n) is 15.1. The summed E-state index contributed by atoms with van der Waals surface area (Å²) in [7, 11) is 3.16. The molecule has 1 N–H and O–H groups in total. The Hall–Kier alpha value is -3.02. The van der Waals surface area contributed by atoms with Gasteiger partial charge in [0.1, 0.15) is 0 Å². The summed E-state index contributed by atoms with van der Waals surface area (Å²) < 4.78 is 10.5. The summed E-state index contributed by atoms with van der Waals surface area (Å²) in [6, 6.07) is 13.3. The van der Waals surface area contributed by atoms with Gasteiger partial charge in [0.05, 0.1) is 19.9 Å². The van der Waals surface area contributed by atoms with Crippen molar-refractivity contribution in [3.05, 3.63) is 53.6 Å². The number of oxime groups is 1. The van der Waals surface area contributed by atoms with Crippen molar-refractivity contribution in [1.29, 1.82) is 0 Å². The van der Waals surface area contributed by atoms with Crippen molar-refractivity contribution < 1.29 is 19.1 Å². The monoisotopic (exact) mass is 354 g/mol. The lowest BCUT2D eigenvalue weighted by Crippen LogP contribution is -2.28. The molecule has 6 nitrogen and oxygen atoms in total. The SMILES string of the molecule is CCc1ccc(NC(=O)C2CC(c3ccc(OC)c(OC)c3)=NO2)cc1. The van der Waals surface area contributed by atoms with Gasteiger partial charge in [-0.25, -0.2) is 0 Å². The number of hydrogen-bond donors (Lipinski definition) is 1. The largest absolute Gasteiger partial charge is 0.493 e. The molecule has 1 unspecified atom stereocenters. The van der Waals surface area contributed by atoms with E-state index in [2.05, 4.69) is 17.4 Å². The van der Waals surface area contributed by atoms with Crippen molar-refractivity contribution in [2.75, 3.05) is 19.5 Å². The maximum atomic E-state index is 12.4. The molecule has 0 bridgehead atoms. The summed E-state index contributed by atoms with van der Waals surface area (Å²) in [5.41, 5.74) is 3.51. The molecular formula is C20H22N2O4. The molecule has 2 aromatic rings. The van der Waals surface area contributed by atoms with Gasteiger partial charge < -0.3 is 19.6 Å². The standard InChI is InChI=1S/C20H22N2O4/c1-4-13-5-8-15(9-6-13)21-20(23)19-12-16(22-26-19)14-7-10-17(24-2)18(11-14)25-3/h5-11,19H,4,12H2,1-3H3,(H,21,23). The number of nitrogens with one attached hydrogen (secondary N) is 1. The van der Waals surface area contributed by atoms with Gasteiger partial charge in [0, 0.05) is 17.7 Å². The Balaban J connectivity index is 1.64. The van der Waals surface area contributed by atoms with Gasteiger partial charge in [-0.15, -0.1) is 0 Å². The van der Waals surface area contributed by atoms with Crippen molar-refractivity contribution in [1.82, 2.24) is 0 Å². The van der Waals surface area contributed by atoms with Crippen LogP contribution in [0, 0.1) is 0 Å². The Morgan fingerprint density at radius 1 is 1.15 bits per heavy atom. The fraction of sp³-hybridized carbons (Fsp3) is 0.300. The summed E-state index contributed by atoms with van der Waals surface area (Å²) in [5.74, 6) is 1.03. The minimum absolute atomic E-state index is 0.214. The number of rotatable bonds is 6. The van der Waals surface area contributed by atoms with Crippen LogP contribution in [-0.2, 0) is 16.1 Å². The van der Waals surface area contributed by atoms with Gasteiger partial charge in [-0.1, -0.05) is 24.2 Å². The Kier molecular flexibility index (Phi) is 5.41. The van der Waals surface area contributed by atoms with E-state index >= 15 is 0 Å². The van der Waals surface area contributed by atoms with Gasteiger partial charge in [-0.05, 0) is 42.3 Å². The van der Waals surface area contributed by atoms with Gasteiger partial charge in [0.2, 0.25) is 6.10 Å². The predicted molar refractivity (Wildman–Crippen MR) is 100 cm³/mol. The van der Waals surface area contributed by atoms with E-state index in [0.717, 1.165) is 17.7 Å². The van der Waals surface area contributed by atoms with E-state index in [1.807, 2.05) is 36.4 Å². The number of ether oxygens (including phenoxy) is 2. The molecule has 1 aliphatic heterocycles. The molecule has 0 aliphatic carbocycles. The van der Waals surface area contributed by atoms with Crippen LogP contribution in [-0.4, -0.2) is 31.9 Å². The zero-order valence-corrected chi connectivity index (χ0v) is 15.1. The third-order valence-electron chi connectivity index (χ3n) is 4.31. The minimum Gasteiger partial charge on any atom is -0.493 e. The lowest BCUT2D eigenvalue weighted by Gasteiger charge is -2.10. The second-order valence-electron chi connectivity index (χ2n) is 5.95. The smallest absolute Gasteiger partial charge is 0.268 e. The van der Waals surface area contributed by atoms with E-state index in [9.17, 15) is 4.79 Å². The van der Waals surface area contributed by atoms with Crippen LogP contribution in [0.2, 0.25) is 0 Å².